The number of carbonyl (C=O) groups is 1. The summed E-state index contributed by atoms with van der Waals surface area (Å²) >= 11 is 1.45. The zero-order valence-corrected chi connectivity index (χ0v) is 24.1. The fraction of sp³-hybridized carbons (Fsp3) is 0.345. The number of rotatable bonds is 10. The van der Waals surface area contributed by atoms with Crippen LogP contribution in [-0.4, -0.2) is 41.7 Å². The van der Waals surface area contributed by atoms with Crippen LogP contribution in [0.2, 0.25) is 0 Å². The van der Waals surface area contributed by atoms with Crippen LogP contribution in [0.25, 0.3) is 10.2 Å². The molecule has 2 aromatic carbocycles. The van der Waals surface area contributed by atoms with Gasteiger partial charge in [-0.05, 0) is 72.9 Å². The monoisotopic (exact) mass is 550 g/mol. The molecule has 0 unspecified atom stereocenters. The molecule has 9 heteroatoms. The van der Waals surface area contributed by atoms with Gasteiger partial charge in [-0.15, -0.1) is 0 Å². The van der Waals surface area contributed by atoms with Crippen LogP contribution in [0.5, 0.6) is 0 Å². The maximum absolute atomic E-state index is 13.8. The minimum Gasteiger partial charge on any atom is -0.278 e. The number of nitrogens with zero attached hydrogens (tertiary/aromatic N) is 4. The van der Waals surface area contributed by atoms with Gasteiger partial charge in [-0.3, -0.25) is 14.7 Å². The summed E-state index contributed by atoms with van der Waals surface area (Å²) in [4.78, 5) is 24.7. The Morgan fingerprint density at radius 1 is 0.947 bits per heavy atom. The first-order chi connectivity index (χ1) is 18.0. The van der Waals surface area contributed by atoms with Crippen molar-refractivity contribution in [3.63, 3.8) is 0 Å². The summed E-state index contributed by atoms with van der Waals surface area (Å²) in [5.41, 5.74) is 3.06. The fourth-order valence-corrected chi connectivity index (χ4v) is 7.00. The maximum Gasteiger partial charge on any atom is 0.260 e. The molecular weight excluding hydrogens is 516 g/mol. The smallest absolute Gasteiger partial charge is 0.260 e. The zero-order valence-electron chi connectivity index (χ0n) is 22.5. The highest BCUT2D eigenvalue weighted by molar-refractivity contribution is 7.89. The van der Waals surface area contributed by atoms with Gasteiger partial charge in [0.25, 0.3) is 5.91 Å². The Bertz CT molecular complexity index is 1490. The molecule has 0 radical (unpaired) electrons. The molecule has 0 fully saturated rings. The van der Waals surface area contributed by atoms with Crippen LogP contribution < -0.4 is 4.90 Å². The molecule has 0 saturated heterocycles. The molecule has 2 heterocycles. The normalized spacial score (nSPS) is 12.1. The minimum absolute atomic E-state index is 0.182. The molecule has 0 bridgehead atoms. The number of sulfonamides is 1. The number of pyridine rings is 1. The Balaban J connectivity index is 1.67. The molecule has 7 nitrogen and oxygen atoms in total. The fourth-order valence-electron chi connectivity index (χ4n) is 4.17. The van der Waals surface area contributed by atoms with Crippen LogP contribution in [-0.2, 0) is 16.6 Å². The number of carbonyl (C=O) groups excluding carboxylic acids is 1. The third-order valence-corrected chi connectivity index (χ3v) is 8.82. The summed E-state index contributed by atoms with van der Waals surface area (Å²) in [6, 6.07) is 17.8. The number of hydrogen-bond donors (Lipinski definition) is 0. The van der Waals surface area contributed by atoms with Crippen LogP contribution in [0.15, 0.2) is 71.8 Å². The summed E-state index contributed by atoms with van der Waals surface area (Å²) < 4.78 is 29.4. The second kappa shape index (κ2) is 11.7. The lowest BCUT2D eigenvalue weighted by molar-refractivity contribution is 0.0984. The van der Waals surface area contributed by atoms with Crippen LogP contribution in [0, 0.1) is 18.8 Å². The van der Waals surface area contributed by atoms with Crippen molar-refractivity contribution < 1.29 is 13.2 Å². The lowest BCUT2D eigenvalue weighted by atomic mass is 10.2. The van der Waals surface area contributed by atoms with Crippen LogP contribution in [0.3, 0.4) is 0 Å². The highest BCUT2D eigenvalue weighted by Crippen LogP contribution is 2.31. The largest absolute Gasteiger partial charge is 0.278 e. The van der Waals surface area contributed by atoms with E-state index in [-0.39, 0.29) is 29.2 Å². The number of fused-ring (bicyclic) bond motifs is 1. The standard InChI is InChI=1S/C29H34N4O3S2/c1-20(2)17-32(18-21(3)4)38(35,36)25-12-10-23(11-13-25)28(34)33(19-24-8-6-7-15-30-24)29-31-26-14-9-22(5)16-27(26)37-29/h6-16,20-21H,17-19H2,1-5H3. The van der Waals surface area contributed by atoms with Gasteiger partial charge >= 0.3 is 0 Å². The quantitative estimate of drug-likeness (QED) is 0.237. The number of amides is 1. The SMILES string of the molecule is Cc1ccc2nc(N(Cc3ccccn3)C(=O)c3ccc(S(=O)(=O)N(CC(C)C)CC(C)C)cc3)sc2c1. The van der Waals surface area contributed by atoms with Crippen molar-refractivity contribution in [1.82, 2.24) is 14.3 Å². The van der Waals surface area contributed by atoms with E-state index in [2.05, 4.69) is 11.1 Å². The molecular formula is C29H34N4O3S2. The second-order valence-corrected chi connectivity index (χ2v) is 13.3. The third-order valence-electron chi connectivity index (χ3n) is 5.93. The predicted octanol–water partition coefficient (Wildman–Crippen LogP) is 6.15. The minimum atomic E-state index is -3.69. The van der Waals surface area contributed by atoms with Crippen molar-refractivity contribution in [2.45, 2.75) is 46.1 Å². The van der Waals surface area contributed by atoms with Gasteiger partial charge in [0.1, 0.15) is 0 Å². The van der Waals surface area contributed by atoms with Crippen LogP contribution in [0.4, 0.5) is 5.13 Å². The van der Waals surface area contributed by atoms with Gasteiger partial charge in [0.2, 0.25) is 10.0 Å². The maximum atomic E-state index is 13.8. The first-order valence-corrected chi connectivity index (χ1v) is 15.0. The van der Waals surface area contributed by atoms with E-state index in [0.29, 0.717) is 23.8 Å². The Labute approximate surface area is 229 Å². The third kappa shape index (κ3) is 6.46. The first kappa shape index (κ1) is 27.9. The van der Waals surface area contributed by atoms with Crippen molar-refractivity contribution in [3.05, 3.63) is 83.7 Å². The molecule has 1 amide bonds. The van der Waals surface area contributed by atoms with E-state index in [0.717, 1.165) is 21.5 Å². The van der Waals surface area contributed by atoms with E-state index in [1.165, 1.54) is 27.8 Å². The van der Waals surface area contributed by atoms with Crippen LogP contribution >= 0.6 is 11.3 Å². The Kier molecular flexibility index (Phi) is 8.60. The number of hydrogen-bond acceptors (Lipinski definition) is 6. The molecule has 38 heavy (non-hydrogen) atoms. The Morgan fingerprint density at radius 3 is 2.24 bits per heavy atom. The van der Waals surface area contributed by atoms with Gasteiger partial charge in [-0.25, -0.2) is 13.4 Å². The predicted molar refractivity (Wildman–Crippen MR) is 154 cm³/mol. The molecule has 0 atom stereocenters. The molecule has 2 aromatic heterocycles. The number of thiazole rings is 1. The molecule has 0 aliphatic rings. The molecule has 0 aliphatic carbocycles. The average molecular weight is 551 g/mol. The molecule has 4 rings (SSSR count). The number of aromatic nitrogens is 2. The van der Waals surface area contributed by atoms with Gasteiger partial charge in [0.05, 0.1) is 27.4 Å². The highest BCUT2D eigenvalue weighted by Gasteiger charge is 2.27. The van der Waals surface area contributed by atoms with Crippen molar-refractivity contribution in [2.24, 2.45) is 11.8 Å². The van der Waals surface area contributed by atoms with Gasteiger partial charge in [-0.1, -0.05) is 51.2 Å². The van der Waals surface area contributed by atoms with Crippen molar-refractivity contribution in [1.29, 1.82) is 0 Å². The Hall–Kier alpha value is -3.14. The van der Waals surface area contributed by atoms with E-state index >= 15 is 0 Å². The number of aryl methyl sites for hydroxylation is 1. The highest BCUT2D eigenvalue weighted by atomic mass is 32.2. The second-order valence-electron chi connectivity index (χ2n) is 10.3. The van der Waals surface area contributed by atoms with E-state index in [1.54, 1.807) is 23.2 Å². The van der Waals surface area contributed by atoms with E-state index in [1.807, 2.05) is 65.0 Å². The number of anilines is 1. The summed E-state index contributed by atoms with van der Waals surface area (Å²) in [6.07, 6.45) is 1.69. The van der Waals surface area contributed by atoms with Crippen molar-refractivity contribution in [2.75, 3.05) is 18.0 Å². The van der Waals surface area contributed by atoms with Gasteiger partial charge in [0.15, 0.2) is 5.13 Å². The Morgan fingerprint density at radius 2 is 1.63 bits per heavy atom. The summed E-state index contributed by atoms with van der Waals surface area (Å²) in [7, 11) is -3.69. The topological polar surface area (TPSA) is 83.5 Å². The molecule has 0 aliphatic heterocycles. The van der Waals surface area contributed by atoms with E-state index < -0.39 is 10.0 Å². The average Bonchev–Trinajstić information content (AvgIpc) is 3.29. The van der Waals surface area contributed by atoms with Crippen molar-refractivity contribution in [3.8, 4) is 0 Å². The van der Waals surface area contributed by atoms with E-state index in [4.69, 9.17) is 4.98 Å². The first-order valence-electron chi connectivity index (χ1n) is 12.7. The van der Waals surface area contributed by atoms with Crippen LogP contribution in [0.1, 0.15) is 49.3 Å². The molecule has 0 saturated carbocycles. The van der Waals surface area contributed by atoms with Crippen molar-refractivity contribution >= 4 is 42.6 Å². The lowest BCUT2D eigenvalue weighted by Gasteiger charge is -2.26. The summed E-state index contributed by atoms with van der Waals surface area (Å²) in [6.45, 7) is 11.2. The molecule has 200 valence electrons. The van der Waals surface area contributed by atoms with E-state index in [9.17, 15) is 13.2 Å². The van der Waals surface area contributed by atoms with Gasteiger partial charge in [0, 0.05) is 24.8 Å². The molecule has 0 spiro atoms. The molecule has 0 N–H and O–H groups in total. The summed E-state index contributed by atoms with van der Waals surface area (Å²) in [5, 5.41) is 0.568. The van der Waals surface area contributed by atoms with Gasteiger partial charge in [-0.2, -0.15) is 4.31 Å². The lowest BCUT2D eigenvalue weighted by Crippen LogP contribution is -2.37. The zero-order chi connectivity index (χ0) is 27.4. The van der Waals surface area contributed by atoms with Gasteiger partial charge < -0.3 is 0 Å². The number of benzene rings is 2. The summed E-state index contributed by atoms with van der Waals surface area (Å²) in [5.74, 6) is 0.126. The molecule has 4 aromatic rings.